The molecule has 2 N–H and O–H groups in total. The van der Waals surface area contributed by atoms with Crippen LogP contribution in [0.5, 0.6) is 0 Å². The van der Waals surface area contributed by atoms with Gasteiger partial charge in [-0.05, 0) is 22.3 Å². The van der Waals surface area contributed by atoms with Crippen LogP contribution in [0.25, 0.3) is 11.1 Å². The molecule has 8 heteroatoms. The Morgan fingerprint density at radius 2 is 1.71 bits per heavy atom. The van der Waals surface area contributed by atoms with E-state index in [1.807, 2.05) is 54.6 Å². The third kappa shape index (κ3) is 4.21. The lowest BCUT2D eigenvalue weighted by Gasteiger charge is -2.17. The molecule has 1 heterocycles. The second-order valence-corrected chi connectivity index (χ2v) is 7.07. The van der Waals surface area contributed by atoms with Crippen LogP contribution in [0.1, 0.15) is 28.4 Å². The molecule has 0 radical (unpaired) electrons. The van der Waals surface area contributed by atoms with Gasteiger partial charge in [0, 0.05) is 12.3 Å². The van der Waals surface area contributed by atoms with Crippen molar-refractivity contribution in [3.05, 3.63) is 83.4 Å². The molecule has 4 rings (SSSR count). The van der Waals surface area contributed by atoms with Crippen molar-refractivity contribution in [3.8, 4) is 17.2 Å². The molecular weight excluding hydrogens is 396 g/mol. The summed E-state index contributed by atoms with van der Waals surface area (Å²) in [6, 6.07) is 16.5. The topological polar surface area (TPSA) is 125 Å². The number of nitriles is 1. The summed E-state index contributed by atoms with van der Waals surface area (Å²) in [6.45, 7) is 0.0862. The van der Waals surface area contributed by atoms with Crippen molar-refractivity contribution in [2.45, 2.75) is 18.4 Å². The summed E-state index contributed by atoms with van der Waals surface area (Å²) in [6.07, 6.45) is 1.66. The standard InChI is InChI=1S/C23H18N4O4/c24-10-15-12-25-14(11-26-15)9-21(22(28)29)27-23(30)31-13-20-18-7-3-1-5-16(18)17-6-2-4-8-19(17)20/h1-8,11-12,20-21H,9,13H2,(H,27,30)(H,28,29). The van der Waals surface area contributed by atoms with E-state index in [1.54, 1.807) is 0 Å². The van der Waals surface area contributed by atoms with Crippen molar-refractivity contribution in [2.75, 3.05) is 6.61 Å². The lowest BCUT2D eigenvalue weighted by atomic mass is 9.98. The Kier molecular flexibility index (Phi) is 5.58. The highest BCUT2D eigenvalue weighted by molar-refractivity contribution is 5.81. The molecule has 31 heavy (non-hydrogen) atoms. The molecule has 0 aliphatic heterocycles. The van der Waals surface area contributed by atoms with Gasteiger partial charge in [0.2, 0.25) is 0 Å². The first-order valence-electron chi connectivity index (χ1n) is 9.62. The van der Waals surface area contributed by atoms with Crippen LogP contribution in [-0.2, 0) is 16.0 Å². The summed E-state index contributed by atoms with van der Waals surface area (Å²) < 4.78 is 5.40. The number of amides is 1. The predicted molar refractivity (Wildman–Crippen MR) is 110 cm³/mol. The van der Waals surface area contributed by atoms with E-state index in [9.17, 15) is 14.7 Å². The van der Waals surface area contributed by atoms with E-state index in [-0.39, 0.29) is 24.6 Å². The fraction of sp³-hybridized carbons (Fsp3) is 0.174. The molecule has 0 fully saturated rings. The van der Waals surface area contributed by atoms with Crippen LogP contribution in [0, 0.1) is 11.3 Å². The van der Waals surface area contributed by atoms with E-state index >= 15 is 0 Å². The first kappa shape index (κ1) is 20.0. The van der Waals surface area contributed by atoms with Crippen LogP contribution in [0.2, 0.25) is 0 Å². The van der Waals surface area contributed by atoms with Gasteiger partial charge in [-0.15, -0.1) is 0 Å². The van der Waals surface area contributed by atoms with E-state index in [0.29, 0.717) is 5.69 Å². The third-order valence-electron chi connectivity index (χ3n) is 5.17. The lowest BCUT2D eigenvalue weighted by Crippen LogP contribution is -2.43. The molecular formula is C23H18N4O4. The summed E-state index contributed by atoms with van der Waals surface area (Å²) in [5, 5.41) is 20.6. The Balaban J connectivity index is 1.42. The average molecular weight is 414 g/mol. The zero-order chi connectivity index (χ0) is 21.8. The number of aromatic nitrogens is 2. The number of aliphatic carboxylic acids is 1. The number of carboxylic acids is 1. The number of nitrogens with zero attached hydrogens (tertiary/aromatic N) is 3. The van der Waals surface area contributed by atoms with Crippen molar-refractivity contribution in [2.24, 2.45) is 0 Å². The number of carboxylic acid groups (broad SMARTS) is 1. The van der Waals surface area contributed by atoms with Gasteiger partial charge < -0.3 is 15.2 Å². The Labute approximate surface area is 178 Å². The third-order valence-corrected chi connectivity index (χ3v) is 5.17. The van der Waals surface area contributed by atoms with Crippen LogP contribution >= 0.6 is 0 Å². The van der Waals surface area contributed by atoms with Gasteiger partial charge in [-0.2, -0.15) is 5.26 Å². The minimum atomic E-state index is -1.24. The summed E-state index contributed by atoms with van der Waals surface area (Å²) >= 11 is 0. The highest BCUT2D eigenvalue weighted by Crippen LogP contribution is 2.44. The molecule has 0 spiro atoms. The second-order valence-electron chi connectivity index (χ2n) is 7.07. The summed E-state index contributed by atoms with van der Waals surface area (Å²) in [7, 11) is 0. The van der Waals surface area contributed by atoms with Gasteiger partial charge >= 0.3 is 12.1 Å². The first-order chi connectivity index (χ1) is 15.1. The monoisotopic (exact) mass is 414 g/mol. The number of hydrogen-bond donors (Lipinski definition) is 2. The molecule has 1 aromatic heterocycles. The maximum absolute atomic E-state index is 12.4. The molecule has 3 aromatic rings. The molecule has 1 amide bonds. The van der Waals surface area contributed by atoms with Crippen LogP contribution in [0.4, 0.5) is 4.79 Å². The Morgan fingerprint density at radius 3 is 2.26 bits per heavy atom. The fourth-order valence-corrected chi connectivity index (χ4v) is 3.71. The fourth-order valence-electron chi connectivity index (χ4n) is 3.71. The van der Waals surface area contributed by atoms with Gasteiger partial charge in [-0.25, -0.2) is 14.6 Å². The largest absolute Gasteiger partial charge is 0.480 e. The number of nitrogens with one attached hydrogen (secondary N) is 1. The van der Waals surface area contributed by atoms with Gasteiger partial charge in [0.15, 0.2) is 5.69 Å². The van der Waals surface area contributed by atoms with Crippen LogP contribution in [0.3, 0.4) is 0 Å². The van der Waals surface area contributed by atoms with E-state index in [4.69, 9.17) is 10.00 Å². The molecule has 154 valence electrons. The molecule has 0 bridgehead atoms. The molecule has 1 atom stereocenters. The number of hydrogen-bond acceptors (Lipinski definition) is 6. The number of alkyl carbamates (subject to hydrolysis) is 1. The van der Waals surface area contributed by atoms with Crippen molar-refractivity contribution in [1.29, 1.82) is 5.26 Å². The maximum atomic E-state index is 12.4. The lowest BCUT2D eigenvalue weighted by molar-refractivity contribution is -0.139. The van der Waals surface area contributed by atoms with Crippen molar-refractivity contribution in [3.63, 3.8) is 0 Å². The van der Waals surface area contributed by atoms with Gasteiger partial charge in [0.25, 0.3) is 0 Å². The normalized spacial score (nSPS) is 12.9. The average Bonchev–Trinajstić information content (AvgIpc) is 3.11. The van der Waals surface area contributed by atoms with Gasteiger partial charge in [-0.1, -0.05) is 48.5 Å². The first-order valence-corrected chi connectivity index (χ1v) is 9.62. The van der Waals surface area contributed by atoms with Gasteiger partial charge in [0.05, 0.1) is 18.1 Å². The summed E-state index contributed by atoms with van der Waals surface area (Å²) in [4.78, 5) is 31.8. The molecule has 1 unspecified atom stereocenters. The van der Waals surface area contributed by atoms with E-state index in [1.165, 1.54) is 12.4 Å². The number of fused-ring (bicyclic) bond motifs is 3. The van der Waals surface area contributed by atoms with Crippen LogP contribution in [-0.4, -0.2) is 39.8 Å². The number of benzene rings is 2. The Bertz CT molecular complexity index is 1130. The molecule has 1 aliphatic carbocycles. The SMILES string of the molecule is N#Cc1cnc(CC(NC(=O)OCC2c3ccccc3-c3ccccc32)C(=O)O)cn1. The number of rotatable bonds is 6. The van der Waals surface area contributed by atoms with Crippen molar-refractivity contribution in [1.82, 2.24) is 15.3 Å². The second kappa shape index (κ2) is 8.63. The minimum Gasteiger partial charge on any atom is -0.480 e. The molecule has 8 nitrogen and oxygen atoms in total. The zero-order valence-corrected chi connectivity index (χ0v) is 16.4. The quantitative estimate of drug-likeness (QED) is 0.635. The number of carbonyl (C=O) groups is 2. The summed E-state index contributed by atoms with van der Waals surface area (Å²) in [5.41, 5.74) is 4.81. The molecule has 2 aromatic carbocycles. The Hall–Kier alpha value is -4.25. The van der Waals surface area contributed by atoms with Crippen LogP contribution < -0.4 is 5.32 Å². The summed E-state index contributed by atoms with van der Waals surface area (Å²) in [5.74, 6) is -1.34. The van der Waals surface area contributed by atoms with E-state index in [2.05, 4.69) is 15.3 Å². The predicted octanol–water partition coefficient (Wildman–Crippen LogP) is 2.88. The highest BCUT2D eigenvalue weighted by Gasteiger charge is 2.29. The Morgan fingerprint density at radius 1 is 1.06 bits per heavy atom. The van der Waals surface area contributed by atoms with Crippen molar-refractivity contribution >= 4 is 12.1 Å². The van der Waals surface area contributed by atoms with Crippen molar-refractivity contribution < 1.29 is 19.4 Å². The molecule has 0 saturated carbocycles. The van der Waals surface area contributed by atoms with Gasteiger partial charge in [-0.3, -0.25) is 4.98 Å². The minimum absolute atomic E-state index is 0.0851. The molecule has 0 saturated heterocycles. The van der Waals surface area contributed by atoms with Gasteiger partial charge in [0.1, 0.15) is 18.7 Å². The smallest absolute Gasteiger partial charge is 0.407 e. The number of carbonyl (C=O) groups excluding carboxylic acids is 1. The zero-order valence-electron chi connectivity index (χ0n) is 16.4. The van der Waals surface area contributed by atoms with E-state index < -0.39 is 18.1 Å². The number of ether oxygens (including phenoxy) is 1. The van der Waals surface area contributed by atoms with Crippen LogP contribution in [0.15, 0.2) is 60.9 Å². The van der Waals surface area contributed by atoms with E-state index in [0.717, 1.165) is 22.3 Å². The highest BCUT2D eigenvalue weighted by atomic mass is 16.5. The maximum Gasteiger partial charge on any atom is 0.407 e. The molecule has 1 aliphatic rings.